The van der Waals surface area contributed by atoms with Crippen LogP contribution in [0.15, 0.2) is 76.7 Å². The van der Waals surface area contributed by atoms with Crippen LogP contribution in [0.4, 0.5) is 0 Å². The molecule has 1 aliphatic rings. The Morgan fingerprint density at radius 2 is 1.55 bits per heavy atom. The summed E-state index contributed by atoms with van der Waals surface area (Å²) in [4.78, 5) is 0.101. The molecule has 4 rings (SSSR count). The zero-order chi connectivity index (χ0) is 23.6. The Balaban J connectivity index is 1.83. The first-order chi connectivity index (χ1) is 15.9. The number of ether oxygens (including phenoxy) is 3. The molecule has 3 aromatic rings. The Morgan fingerprint density at radius 1 is 0.879 bits per heavy atom. The van der Waals surface area contributed by atoms with Crippen LogP contribution < -0.4 is 14.2 Å². The zero-order valence-corrected chi connectivity index (χ0v) is 19.9. The van der Waals surface area contributed by atoms with Gasteiger partial charge in [0.1, 0.15) is 5.75 Å². The third-order valence-corrected chi connectivity index (χ3v) is 7.39. The van der Waals surface area contributed by atoms with Gasteiger partial charge in [-0.3, -0.25) is 0 Å². The van der Waals surface area contributed by atoms with Gasteiger partial charge in [-0.15, -0.1) is 0 Å². The fourth-order valence-corrected chi connectivity index (χ4v) is 5.34. The highest BCUT2D eigenvalue weighted by Gasteiger charge is 2.39. The minimum absolute atomic E-state index is 0.101. The van der Waals surface area contributed by atoms with Crippen LogP contribution in [0.1, 0.15) is 23.6 Å². The van der Waals surface area contributed by atoms with Crippen molar-refractivity contribution in [3.05, 3.63) is 82.9 Å². The van der Waals surface area contributed by atoms with Crippen molar-refractivity contribution in [1.82, 2.24) is 4.41 Å². The lowest BCUT2D eigenvalue weighted by atomic mass is 9.98. The maximum absolute atomic E-state index is 13.6. The maximum Gasteiger partial charge on any atom is 0.279 e. The number of methoxy groups -OCH3 is 3. The van der Waals surface area contributed by atoms with Gasteiger partial charge in [0.2, 0.25) is 0 Å². The topological polar surface area (TPSA) is 77.4 Å². The number of hydrogen-bond donors (Lipinski definition) is 0. The van der Waals surface area contributed by atoms with Crippen molar-refractivity contribution < 1.29 is 22.6 Å². The van der Waals surface area contributed by atoms with E-state index in [9.17, 15) is 8.42 Å². The number of para-hydroxylation sites is 1. The Kier molecular flexibility index (Phi) is 6.49. The first kappa shape index (κ1) is 22.9. The standard InChI is InChI=1S/C24H23ClN2O5S/c1-30-22-7-5-4-6-19(22)21-15-20(16-8-13-23(31-2)24(14-16)32-3)26-27(21)33(28,29)18-11-9-17(25)10-12-18/h4-14,21H,15H2,1-3H3. The van der Waals surface area contributed by atoms with Gasteiger partial charge in [0.15, 0.2) is 11.5 Å². The van der Waals surface area contributed by atoms with Crippen LogP contribution in [0.25, 0.3) is 0 Å². The predicted molar refractivity (Wildman–Crippen MR) is 127 cm³/mol. The Bertz CT molecular complexity index is 1290. The minimum atomic E-state index is -3.97. The molecule has 0 spiro atoms. The molecule has 33 heavy (non-hydrogen) atoms. The maximum atomic E-state index is 13.6. The molecule has 172 valence electrons. The molecule has 0 amide bonds. The second-order valence-corrected chi connectivity index (χ2v) is 9.54. The summed E-state index contributed by atoms with van der Waals surface area (Å²) >= 11 is 5.97. The van der Waals surface area contributed by atoms with E-state index in [2.05, 4.69) is 5.10 Å². The van der Waals surface area contributed by atoms with E-state index in [1.54, 1.807) is 51.7 Å². The van der Waals surface area contributed by atoms with Gasteiger partial charge in [0, 0.05) is 22.6 Å². The van der Waals surface area contributed by atoms with Crippen LogP contribution in [-0.4, -0.2) is 39.9 Å². The normalized spacial score (nSPS) is 15.8. The monoisotopic (exact) mass is 486 g/mol. The third-order valence-electron chi connectivity index (χ3n) is 5.45. The van der Waals surface area contributed by atoms with Crippen LogP contribution in [0.5, 0.6) is 17.2 Å². The van der Waals surface area contributed by atoms with E-state index in [4.69, 9.17) is 25.8 Å². The number of rotatable bonds is 7. The number of nitrogens with zero attached hydrogens (tertiary/aromatic N) is 2. The first-order valence-corrected chi connectivity index (χ1v) is 11.9. The van der Waals surface area contributed by atoms with Crippen molar-refractivity contribution in [2.24, 2.45) is 5.10 Å². The second-order valence-electron chi connectivity index (χ2n) is 7.31. The third kappa shape index (κ3) is 4.36. The van der Waals surface area contributed by atoms with Gasteiger partial charge in [-0.2, -0.15) is 17.9 Å². The summed E-state index contributed by atoms with van der Waals surface area (Å²) in [5.41, 5.74) is 2.06. The van der Waals surface area contributed by atoms with Crippen molar-refractivity contribution in [2.75, 3.05) is 21.3 Å². The summed E-state index contributed by atoms with van der Waals surface area (Å²) in [6.07, 6.45) is 0.350. The molecule has 0 fully saturated rings. The van der Waals surface area contributed by atoms with Gasteiger partial charge in [0.05, 0.1) is 38.0 Å². The number of benzene rings is 3. The lowest BCUT2D eigenvalue weighted by Crippen LogP contribution is -2.27. The molecule has 9 heteroatoms. The SMILES string of the molecule is COc1ccc(C2=NN(S(=O)(=O)c3ccc(Cl)cc3)C(c3ccccc3OC)C2)cc1OC. The van der Waals surface area contributed by atoms with E-state index in [1.807, 2.05) is 24.3 Å². The summed E-state index contributed by atoms with van der Waals surface area (Å²) < 4.78 is 44.6. The summed E-state index contributed by atoms with van der Waals surface area (Å²) in [6.45, 7) is 0. The molecule has 1 aliphatic heterocycles. The second kappa shape index (κ2) is 9.33. The van der Waals surface area contributed by atoms with Crippen molar-refractivity contribution in [1.29, 1.82) is 0 Å². The molecular formula is C24H23ClN2O5S. The van der Waals surface area contributed by atoms with E-state index in [1.165, 1.54) is 12.1 Å². The van der Waals surface area contributed by atoms with Gasteiger partial charge in [-0.1, -0.05) is 29.8 Å². The molecule has 0 aromatic heterocycles. The number of hydrogen-bond acceptors (Lipinski definition) is 6. The Labute approximate surface area is 198 Å². The summed E-state index contributed by atoms with van der Waals surface area (Å²) in [7, 11) is 0.693. The van der Waals surface area contributed by atoms with Gasteiger partial charge in [-0.25, -0.2) is 0 Å². The number of sulfonamides is 1. The van der Waals surface area contributed by atoms with E-state index >= 15 is 0 Å². The molecular weight excluding hydrogens is 464 g/mol. The van der Waals surface area contributed by atoms with E-state index in [0.717, 1.165) is 15.5 Å². The molecule has 0 saturated carbocycles. The Morgan fingerprint density at radius 3 is 2.21 bits per heavy atom. The van der Waals surface area contributed by atoms with Crippen LogP contribution >= 0.6 is 11.6 Å². The lowest BCUT2D eigenvalue weighted by molar-refractivity contribution is 0.350. The van der Waals surface area contributed by atoms with Crippen LogP contribution in [0, 0.1) is 0 Å². The predicted octanol–water partition coefficient (Wildman–Crippen LogP) is 4.91. The van der Waals surface area contributed by atoms with Gasteiger partial charge >= 0.3 is 0 Å². The highest BCUT2D eigenvalue weighted by atomic mass is 35.5. The molecule has 0 bridgehead atoms. The Hall–Kier alpha value is -3.23. The quantitative estimate of drug-likeness (QED) is 0.474. The lowest BCUT2D eigenvalue weighted by Gasteiger charge is -2.24. The van der Waals surface area contributed by atoms with Gasteiger partial charge < -0.3 is 14.2 Å². The summed E-state index contributed by atoms with van der Waals surface area (Å²) in [6, 6.07) is 18.2. The average molecular weight is 487 g/mol. The molecule has 0 N–H and O–H groups in total. The van der Waals surface area contributed by atoms with Gasteiger partial charge in [0.25, 0.3) is 10.0 Å². The molecule has 7 nitrogen and oxygen atoms in total. The highest BCUT2D eigenvalue weighted by molar-refractivity contribution is 7.89. The van der Waals surface area contributed by atoms with E-state index < -0.39 is 16.1 Å². The minimum Gasteiger partial charge on any atom is -0.496 e. The highest BCUT2D eigenvalue weighted by Crippen LogP contribution is 2.41. The molecule has 0 aliphatic carbocycles. The van der Waals surface area contributed by atoms with Crippen LogP contribution in [0.3, 0.4) is 0 Å². The molecule has 1 atom stereocenters. The van der Waals surface area contributed by atoms with E-state index in [-0.39, 0.29) is 4.90 Å². The molecule has 0 radical (unpaired) electrons. The van der Waals surface area contributed by atoms with Crippen molar-refractivity contribution in [2.45, 2.75) is 17.4 Å². The number of halogens is 1. The molecule has 1 unspecified atom stereocenters. The van der Waals surface area contributed by atoms with Crippen LogP contribution in [0.2, 0.25) is 5.02 Å². The van der Waals surface area contributed by atoms with Crippen LogP contribution in [-0.2, 0) is 10.0 Å². The molecule has 1 heterocycles. The fraction of sp³-hybridized carbons (Fsp3) is 0.208. The largest absolute Gasteiger partial charge is 0.496 e. The molecule has 0 saturated heterocycles. The smallest absolute Gasteiger partial charge is 0.279 e. The average Bonchev–Trinajstić information content (AvgIpc) is 3.30. The zero-order valence-electron chi connectivity index (χ0n) is 18.4. The summed E-state index contributed by atoms with van der Waals surface area (Å²) in [5.74, 6) is 1.69. The molecule has 3 aromatic carbocycles. The van der Waals surface area contributed by atoms with E-state index in [0.29, 0.717) is 34.4 Å². The fourth-order valence-electron chi connectivity index (χ4n) is 3.79. The summed E-state index contributed by atoms with van der Waals surface area (Å²) in [5, 5.41) is 5.02. The van der Waals surface area contributed by atoms with Crippen molar-refractivity contribution in [3.63, 3.8) is 0 Å². The first-order valence-electron chi connectivity index (χ1n) is 10.1. The van der Waals surface area contributed by atoms with Crippen molar-refractivity contribution in [3.8, 4) is 17.2 Å². The van der Waals surface area contributed by atoms with Crippen molar-refractivity contribution >= 4 is 27.3 Å². The van der Waals surface area contributed by atoms with Gasteiger partial charge in [-0.05, 0) is 48.5 Å². The number of hydrazone groups is 1.